The zero-order chi connectivity index (χ0) is 29.5. The van der Waals surface area contributed by atoms with E-state index in [0.717, 1.165) is 55.8 Å². The van der Waals surface area contributed by atoms with Crippen LogP contribution in [0.3, 0.4) is 0 Å². The van der Waals surface area contributed by atoms with E-state index < -0.39 is 5.91 Å². The van der Waals surface area contributed by atoms with Crippen molar-refractivity contribution in [2.24, 2.45) is 5.73 Å². The second kappa shape index (κ2) is 13.6. The number of aromatic nitrogens is 1. The summed E-state index contributed by atoms with van der Waals surface area (Å²) in [5.74, 6) is 0.262. The third kappa shape index (κ3) is 7.44. The standard InChI is InChI=1S/C33H43N5O3/c1-22-10-14-35-20-27(22)21-38(28-6-8-30(41-5)9-7-28)29-12-16-37(17-13-29)25(4)11-15-36-33(40)31-23(2)18-26(32(34)39)19-24(31)3/h6-10,14,18-20,25,29H,11-13,15-17,21H2,1-5H3,(H2,34,39)(H,36,40). The minimum Gasteiger partial charge on any atom is -0.497 e. The number of rotatable bonds is 11. The van der Waals surface area contributed by atoms with Crippen LogP contribution < -0.4 is 20.7 Å². The highest BCUT2D eigenvalue weighted by Crippen LogP contribution is 2.29. The van der Waals surface area contributed by atoms with Crippen molar-refractivity contribution < 1.29 is 14.3 Å². The number of nitrogens with two attached hydrogens (primary N) is 1. The van der Waals surface area contributed by atoms with Gasteiger partial charge in [0.2, 0.25) is 5.91 Å². The average Bonchev–Trinajstić information content (AvgIpc) is 2.96. The zero-order valence-corrected chi connectivity index (χ0v) is 24.9. The number of carbonyl (C=O) groups excluding carboxylic acids is 2. The van der Waals surface area contributed by atoms with Crippen LogP contribution in [0.1, 0.15) is 69.2 Å². The molecule has 8 heteroatoms. The molecule has 2 heterocycles. The second-order valence-electron chi connectivity index (χ2n) is 11.1. The zero-order valence-electron chi connectivity index (χ0n) is 24.9. The molecule has 0 bridgehead atoms. The van der Waals surface area contributed by atoms with Crippen LogP contribution in [0.25, 0.3) is 0 Å². The van der Waals surface area contributed by atoms with Crippen LogP contribution in [0, 0.1) is 20.8 Å². The number of hydrogen-bond donors (Lipinski definition) is 2. The number of ether oxygens (including phenoxy) is 1. The van der Waals surface area contributed by atoms with Crippen molar-refractivity contribution in [3.05, 3.63) is 88.2 Å². The molecule has 3 aromatic rings. The molecule has 3 N–H and O–H groups in total. The Kier molecular flexibility index (Phi) is 10.00. The summed E-state index contributed by atoms with van der Waals surface area (Å²) in [6, 6.07) is 14.6. The first-order valence-corrected chi connectivity index (χ1v) is 14.4. The summed E-state index contributed by atoms with van der Waals surface area (Å²) in [5.41, 5.74) is 11.7. The molecule has 1 aliphatic heterocycles. The van der Waals surface area contributed by atoms with E-state index in [2.05, 4.69) is 52.1 Å². The van der Waals surface area contributed by atoms with Crippen molar-refractivity contribution in [1.29, 1.82) is 0 Å². The Morgan fingerprint density at radius 2 is 1.73 bits per heavy atom. The lowest BCUT2D eigenvalue weighted by atomic mass is 9.98. The van der Waals surface area contributed by atoms with Crippen LogP contribution in [0.2, 0.25) is 0 Å². The minimum atomic E-state index is -0.486. The van der Waals surface area contributed by atoms with Crippen LogP contribution in [0.4, 0.5) is 5.69 Å². The summed E-state index contributed by atoms with van der Waals surface area (Å²) in [4.78, 5) is 33.9. The second-order valence-corrected chi connectivity index (χ2v) is 11.1. The van der Waals surface area contributed by atoms with Gasteiger partial charge in [0.1, 0.15) is 5.75 Å². The Hall–Kier alpha value is -3.91. The van der Waals surface area contributed by atoms with E-state index in [4.69, 9.17) is 10.5 Å². The predicted octanol–water partition coefficient (Wildman–Crippen LogP) is 4.79. The van der Waals surface area contributed by atoms with Gasteiger partial charge in [0.25, 0.3) is 5.91 Å². The van der Waals surface area contributed by atoms with Gasteiger partial charge in [-0.25, -0.2) is 0 Å². The number of amides is 2. The number of carbonyl (C=O) groups is 2. The summed E-state index contributed by atoms with van der Waals surface area (Å²) in [7, 11) is 1.69. The number of nitrogens with zero attached hydrogens (tertiary/aromatic N) is 3. The van der Waals surface area contributed by atoms with Crippen molar-refractivity contribution in [2.75, 3.05) is 31.6 Å². The van der Waals surface area contributed by atoms with E-state index in [1.54, 1.807) is 19.2 Å². The smallest absolute Gasteiger partial charge is 0.251 e. The molecule has 0 spiro atoms. The Balaban J connectivity index is 1.34. The van der Waals surface area contributed by atoms with Gasteiger partial charge in [-0.2, -0.15) is 0 Å². The number of hydrogen-bond acceptors (Lipinski definition) is 6. The summed E-state index contributed by atoms with van der Waals surface area (Å²) in [5, 5.41) is 3.08. The van der Waals surface area contributed by atoms with E-state index in [0.29, 0.717) is 29.8 Å². The number of benzene rings is 2. The SMILES string of the molecule is COc1ccc(N(Cc2cnccc2C)C2CCN(C(C)CCNC(=O)c3c(C)cc(C(N)=O)cc3C)CC2)cc1. The molecule has 0 radical (unpaired) electrons. The molecule has 2 amide bonds. The maximum Gasteiger partial charge on any atom is 0.251 e. The van der Waals surface area contributed by atoms with Gasteiger partial charge in [-0.05, 0) is 112 Å². The van der Waals surface area contributed by atoms with Crippen molar-refractivity contribution in [2.45, 2.75) is 65.6 Å². The third-order valence-electron chi connectivity index (χ3n) is 8.35. The minimum absolute atomic E-state index is 0.109. The Morgan fingerprint density at radius 3 is 2.32 bits per heavy atom. The summed E-state index contributed by atoms with van der Waals surface area (Å²) < 4.78 is 5.39. The first-order chi connectivity index (χ1) is 19.7. The highest BCUT2D eigenvalue weighted by molar-refractivity contribution is 6.00. The number of methoxy groups -OCH3 is 1. The highest BCUT2D eigenvalue weighted by Gasteiger charge is 2.28. The molecule has 2 aromatic carbocycles. The molecule has 218 valence electrons. The van der Waals surface area contributed by atoms with Gasteiger partial charge >= 0.3 is 0 Å². The molecular formula is C33H43N5O3. The van der Waals surface area contributed by atoms with E-state index >= 15 is 0 Å². The largest absolute Gasteiger partial charge is 0.497 e. The number of piperidine rings is 1. The third-order valence-corrected chi connectivity index (χ3v) is 8.35. The lowest BCUT2D eigenvalue weighted by Gasteiger charge is -2.42. The van der Waals surface area contributed by atoms with Gasteiger partial charge in [0.15, 0.2) is 0 Å². The van der Waals surface area contributed by atoms with E-state index in [1.807, 2.05) is 38.4 Å². The molecule has 0 saturated carbocycles. The summed E-state index contributed by atoms with van der Waals surface area (Å²) in [6.07, 6.45) is 6.82. The number of pyridine rings is 1. The van der Waals surface area contributed by atoms with Gasteiger partial charge in [-0.1, -0.05) is 0 Å². The van der Waals surface area contributed by atoms with Crippen molar-refractivity contribution in [3.63, 3.8) is 0 Å². The highest BCUT2D eigenvalue weighted by atomic mass is 16.5. The number of likely N-dealkylation sites (tertiary alicyclic amines) is 1. The average molecular weight is 558 g/mol. The van der Waals surface area contributed by atoms with Gasteiger partial charge in [0, 0.05) is 67.5 Å². The molecule has 1 unspecified atom stereocenters. The van der Waals surface area contributed by atoms with Gasteiger partial charge in [0.05, 0.1) is 7.11 Å². The van der Waals surface area contributed by atoms with Crippen LogP contribution in [0.15, 0.2) is 54.9 Å². The lowest BCUT2D eigenvalue weighted by molar-refractivity contribution is 0.0941. The Labute approximate surface area is 243 Å². The molecular weight excluding hydrogens is 514 g/mol. The number of anilines is 1. The fraction of sp³-hybridized carbons (Fsp3) is 0.424. The number of primary amides is 1. The summed E-state index contributed by atoms with van der Waals surface area (Å²) in [6.45, 7) is 11.5. The van der Waals surface area contributed by atoms with Crippen LogP contribution in [0.5, 0.6) is 5.75 Å². The number of nitrogens with one attached hydrogen (secondary N) is 1. The van der Waals surface area contributed by atoms with Crippen LogP contribution >= 0.6 is 0 Å². The number of aryl methyl sites for hydroxylation is 3. The molecule has 1 atom stereocenters. The van der Waals surface area contributed by atoms with Crippen LogP contribution in [-0.4, -0.2) is 60.5 Å². The van der Waals surface area contributed by atoms with E-state index in [1.165, 1.54) is 16.8 Å². The maximum atomic E-state index is 12.9. The molecule has 1 aliphatic rings. The predicted molar refractivity (Wildman–Crippen MR) is 164 cm³/mol. The molecule has 1 fully saturated rings. The Bertz CT molecular complexity index is 1330. The molecule has 8 nitrogen and oxygen atoms in total. The monoisotopic (exact) mass is 557 g/mol. The quantitative estimate of drug-likeness (QED) is 0.352. The normalized spacial score (nSPS) is 14.9. The van der Waals surface area contributed by atoms with E-state index in [9.17, 15) is 9.59 Å². The van der Waals surface area contributed by atoms with Crippen LogP contribution in [-0.2, 0) is 6.54 Å². The van der Waals surface area contributed by atoms with Crippen molar-refractivity contribution >= 4 is 17.5 Å². The topological polar surface area (TPSA) is 101 Å². The molecule has 1 saturated heterocycles. The fourth-order valence-corrected chi connectivity index (χ4v) is 5.82. The molecule has 0 aliphatic carbocycles. The molecule has 1 aromatic heterocycles. The van der Waals surface area contributed by atoms with Gasteiger partial charge in [-0.3, -0.25) is 14.6 Å². The fourth-order valence-electron chi connectivity index (χ4n) is 5.82. The summed E-state index contributed by atoms with van der Waals surface area (Å²) >= 11 is 0. The molecule has 4 rings (SSSR count). The first-order valence-electron chi connectivity index (χ1n) is 14.4. The maximum absolute atomic E-state index is 12.9. The van der Waals surface area contributed by atoms with Crippen molar-refractivity contribution in [3.8, 4) is 5.75 Å². The first kappa shape index (κ1) is 30.1. The van der Waals surface area contributed by atoms with Gasteiger partial charge in [-0.15, -0.1) is 0 Å². The molecule has 41 heavy (non-hydrogen) atoms. The lowest BCUT2D eigenvalue weighted by Crippen LogP contribution is -2.48. The van der Waals surface area contributed by atoms with E-state index in [-0.39, 0.29) is 5.91 Å². The Morgan fingerprint density at radius 1 is 1.07 bits per heavy atom. The van der Waals surface area contributed by atoms with Crippen molar-refractivity contribution in [1.82, 2.24) is 15.2 Å². The van der Waals surface area contributed by atoms with Gasteiger partial charge < -0.3 is 25.6 Å².